The maximum Gasteiger partial charge on any atom is 0.266 e. The van der Waals surface area contributed by atoms with Crippen LogP contribution in [0.4, 0.5) is 5.95 Å². The van der Waals surface area contributed by atoms with Gasteiger partial charge in [-0.05, 0) is 82.8 Å². The smallest absolute Gasteiger partial charge is 0.266 e. The van der Waals surface area contributed by atoms with E-state index in [-0.39, 0.29) is 60.1 Å². The summed E-state index contributed by atoms with van der Waals surface area (Å²) in [6.07, 6.45) is 11.0. The van der Waals surface area contributed by atoms with E-state index in [0.717, 1.165) is 98.9 Å². The number of unbranched alkanes of at least 4 members (excludes halogenated alkanes) is 3. The average molecular weight is 852 g/mol. The minimum Gasteiger partial charge on any atom is -0.483 e. The largest absolute Gasteiger partial charge is 0.483 e. The molecule has 4 aromatic rings. The highest BCUT2D eigenvalue weighted by Crippen LogP contribution is 2.35. The second-order valence-corrected chi connectivity index (χ2v) is 16.6. The Balaban J connectivity index is 0.703. The van der Waals surface area contributed by atoms with Crippen molar-refractivity contribution >= 4 is 63.9 Å². The molecule has 6 amide bonds. The van der Waals surface area contributed by atoms with Crippen molar-refractivity contribution in [2.45, 2.75) is 76.3 Å². The second-order valence-electron chi connectivity index (χ2n) is 16.2. The van der Waals surface area contributed by atoms with E-state index in [1.165, 1.54) is 12.1 Å². The highest BCUT2D eigenvalue weighted by Gasteiger charge is 2.46. The first-order valence-corrected chi connectivity index (χ1v) is 21.6. The van der Waals surface area contributed by atoms with Gasteiger partial charge in [0.05, 0.1) is 28.0 Å². The Morgan fingerprint density at radius 2 is 1.72 bits per heavy atom. The number of likely N-dealkylation sites (tertiary alicyclic amines) is 2. The monoisotopic (exact) mass is 851 g/mol. The summed E-state index contributed by atoms with van der Waals surface area (Å²) >= 11 is 6.55. The molecule has 3 fully saturated rings. The van der Waals surface area contributed by atoms with Crippen molar-refractivity contribution in [2.75, 3.05) is 51.2 Å². The number of para-hydroxylation sites is 1. The highest BCUT2D eigenvalue weighted by atomic mass is 35.5. The van der Waals surface area contributed by atoms with Crippen LogP contribution in [0.25, 0.3) is 22.2 Å². The molecule has 4 aliphatic heterocycles. The lowest BCUT2D eigenvalue weighted by Crippen LogP contribution is -2.54. The number of halogens is 1. The summed E-state index contributed by atoms with van der Waals surface area (Å²) in [6, 6.07) is 11.5. The van der Waals surface area contributed by atoms with Gasteiger partial charge >= 0.3 is 0 Å². The summed E-state index contributed by atoms with van der Waals surface area (Å²) in [5, 5.41) is 10.0. The van der Waals surface area contributed by atoms with Crippen LogP contribution in [0.2, 0.25) is 5.02 Å². The summed E-state index contributed by atoms with van der Waals surface area (Å²) < 4.78 is 5.67. The molecule has 0 saturated carbocycles. The standard InChI is InChI=1S/C44H50ClN9O7/c45-32-24-48-44(51-39(32)31-23-47-33-12-4-3-10-29(31)33)49-28-9-8-20-53(25-28)41(58)27-16-21-52(22-17-27)19-6-2-1-5-18-46-37(56)26-61-35-13-7-11-30-38(35)43(60)54(42(30)59)34-14-15-36(55)50-40(34)57/h3-4,7,10-13,23-24,27-28,34,47H,1-2,5-6,8-9,14-22,25-26H2,(H,46,56)(H,48,49,51)(H,50,55,57)/t28-,34?/m1/s1. The Morgan fingerprint density at radius 1 is 0.902 bits per heavy atom. The molecule has 320 valence electrons. The van der Waals surface area contributed by atoms with Gasteiger partial charge in [-0.25, -0.2) is 9.97 Å². The van der Waals surface area contributed by atoms with Crippen molar-refractivity contribution in [3.63, 3.8) is 0 Å². The van der Waals surface area contributed by atoms with Gasteiger partial charge in [-0.3, -0.25) is 39.0 Å². The van der Waals surface area contributed by atoms with E-state index < -0.39 is 29.7 Å². The van der Waals surface area contributed by atoms with Crippen molar-refractivity contribution in [1.82, 2.24) is 40.3 Å². The van der Waals surface area contributed by atoms with Gasteiger partial charge in [0.1, 0.15) is 11.8 Å². The second kappa shape index (κ2) is 18.8. The molecule has 8 rings (SSSR count). The number of imide groups is 2. The van der Waals surface area contributed by atoms with Crippen LogP contribution >= 0.6 is 11.6 Å². The number of amides is 6. The number of hydrogen-bond donors (Lipinski definition) is 4. The molecule has 6 heterocycles. The molecule has 2 aromatic carbocycles. The van der Waals surface area contributed by atoms with E-state index in [4.69, 9.17) is 21.3 Å². The van der Waals surface area contributed by atoms with Crippen molar-refractivity contribution in [1.29, 1.82) is 0 Å². The quantitative estimate of drug-likeness (QED) is 0.0967. The molecule has 2 atom stereocenters. The van der Waals surface area contributed by atoms with Gasteiger partial charge in [-0.1, -0.05) is 48.7 Å². The Kier molecular flexibility index (Phi) is 12.9. The summed E-state index contributed by atoms with van der Waals surface area (Å²) in [5.74, 6) is -1.96. The normalized spacial score (nSPS) is 19.9. The molecule has 61 heavy (non-hydrogen) atoms. The topological polar surface area (TPSA) is 199 Å². The molecular formula is C44H50ClN9O7. The van der Waals surface area contributed by atoms with Crippen LogP contribution in [-0.2, 0) is 19.2 Å². The lowest BCUT2D eigenvalue weighted by atomic mass is 9.93. The zero-order valence-corrected chi connectivity index (χ0v) is 34.7. The first-order chi connectivity index (χ1) is 29.6. The number of piperidine rings is 3. The number of H-pyrrole nitrogens is 1. The summed E-state index contributed by atoms with van der Waals surface area (Å²) in [6.45, 7) is 4.30. The minimum absolute atomic E-state index is 0.00709. The number of nitrogens with zero attached hydrogens (tertiary/aromatic N) is 5. The molecule has 0 spiro atoms. The van der Waals surface area contributed by atoms with E-state index in [9.17, 15) is 28.8 Å². The number of ether oxygens (including phenoxy) is 1. The molecule has 1 unspecified atom stereocenters. The van der Waals surface area contributed by atoms with Crippen molar-refractivity contribution in [2.24, 2.45) is 5.92 Å². The maximum absolute atomic E-state index is 13.7. The first kappa shape index (κ1) is 41.8. The van der Waals surface area contributed by atoms with Crippen molar-refractivity contribution in [3.05, 3.63) is 71.0 Å². The van der Waals surface area contributed by atoms with Crippen LogP contribution in [0.3, 0.4) is 0 Å². The fourth-order valence-electron chi connectivity index (χ4n) is 8.87. The first-order valence-electron chi connectivity index (χ1n) is 21.3. The van der Waals surface area contributed by atoms with E-state index in [1.807, 2.05) is 35.4 Å². The molecule has 4 aliphatic rings. The lowest BCUT2D eigenvalue weighted by molar-refractivity contribution is -0.138. The number of benzene rings is 2. The summed E-state index contributed by atoms with van der Waals surface area (Å²) in [4.78, 5) is 94.3. The van der Waals surface area contributed by atoms with Gasteiger partial charge in [-0.2, -0.15) is 0 Å². The van der Waals surface area contributed by atoms with Gasteiger partial charge in [-0.15, -0.1) is 0 Å². The van der Waals surface area contributed by atoms with Gasteiger partial charge < -0.3 is 30.2 Å². The third-order valence-corrected chi connectivity index (χ3v) is 12.4. The van der Waals surface area contributed by atoms with Gasteiger partial charge in [0, 0.05) is 60.7 Å². The van der Waals surface area contributed by atoms with Gasteiger partial charge in [0.25, 0.3) is 17.7 Å². The van der Waals surface area contributed by atoms with E-state index in [0.29, 0.717) is 29.8 Å². The highest BCUT2D eigenvalue weighted by molar-refractivity contribution is 6.33. The third kappa shape index (κ3) is 9.39. The van der Waals surface area contributed by atoms with Gasteiger partial charge in [0.2, 0.25) is 23.7 Å². The van der Waals surface area contributed by atoms with Crippen molar-refractivity contribution < 1.29 is 33.5 Å². The predicted octanol–water partition coefficient (Wildman–Crippen LogP) is 4.55. The SMILES string of the molecule is O=C(COc1cccc2c1C(=O)N(C1CCC(=O)NC1=O)C2=O)NCCCCCCN1CCC(C(=O)N2CCC[C@@H](Nc3ncc(Cl)c(-c4c[nH]c5ccccc45)n3)C2)CC1. The van der Waals surface area contributed by atoms with Crippen LogP contribution in [0.1, 0.15) is 84.9 Å². The Morgan fingerprint density at radius 3 is 2.56 bits per heavy atom. The summed E-state index contributed by atoms with van der Waals surface area (Å²) in [7, 11) is 0. The van der Waals surface area contributed by atoms with E-state index in [1.54, 1.807) is 12.3 Å². The predicted molar refractivity (Wildman–Crippen MR) is 227 cm³/mol. The molecule has 3 saturated heterocycles. The number of carbonyl (C=O) groups excluding carboxylic acids is 6. The molecule has 0 radical (unpaired) electrons. The van der Waals surface area contributed by atoms with Crippen LogP contribution in [0, 0.1) is 5.92 Å². The van der Waals surface area contributed by atoms with Crippen LogP contribution in [0.15, 0.2) is 54.9 Å². The van der Waals surface area contributed by atoms with Crippen molar-refractivity contribution in [3.8, 4) is 17.0 Å². The fraction of sp³-hybridized carbons (Fsp3) is 0.455. The fourth-order valence-corrected chi connectivity index (χ4v) is 9.07. The average Bonchev–Trinajstić information content (AvgIpc) is 3.81. The Bertz CT molecular complexity index is 2330. The number of fused-ring (bicyclic) bond motifs is 2. The minimum atomic E-state index is -1.08. The Labute approximate surface area is 358 Å². The maximum atomic E-state index is 13.7. The zero-order valence-electron chi connectivity index (χ0n) is 33.9. The number of carbonyl (C=O) groups is 6. The number of aromatic nitrogens is 3. The number of rotatable bonds is 15. The third-order valence-electron chi connectivity index (χ3n) is 12.1. The number of aromatic amines is 1. The van der Waals surface area contributed by atoms with Gasteiger partial charge in [0.15, 0.2) is 6.61 Å². The zero-order chi connectivity index (χ0) is 42.5. The molecule has 2 aromatic heterocycles. The molecule has 16 nitrogen and oxygen atoms in total. The number of nitrogens with one attached hydrogen (secondary N) is 4. The molecule has 17 heteroatoms. The van der Waals surface area contributed by atoms with Crippen LogP contribution < -0.4 is 20.7 Å². The molecular weight excluding hydrogens is 802 g/mol. The number of anilines is 1. The molecule has 4 N–H and O–H groups in total. The number of hydrogen-bond acceptors (Lipinski definition) is 11. The van der Waals surface area contributed by atoms with E-state index >= 15 is 0 Å². The lowest BCUT2D eigenvalue weighted by Gasteiger charge is -2.38. The molecule has 0 aliphatic carbocycles. The summed E-state index contributed by atoms with van der Waals surface area (Å²) in [5.41, 5.74) is 2.69. The van der Waals surface area contributed by atoms with Crippen LogP contribution in [0.5, 0.6) is 5.75 Å². The van der Waals surface area contributed by atoms with E-state index in [2.05, 4.69) is 30.8 Å². The molecule has 0 bridgehead atoms. The van der Waals surface area contributed by atoms with Crippen LogP contribution in [-0.4, -0.2) is 123 Å². The Hall–Kier alpha value is -5.87.